The van der Waals surface area contributed by atoms with Crippen molar-refractivity contribution in [3.63, 3.8) is 0 Å². The lowest BCUT2D eigenvalue weighted by Gasteiger charge is -2.10. The summed E-state index contributed by atoms with van der Waals surface area (Å²) in [6.07, 6.45) is 0. The van der Waals surface area contributed by atoms with Crippen LogP contribution >= 0.6 is 0 Å². The molecule has 0 spiro atoms. The third kappa shape index (κ3) is 4.37. The van der Waals surface area contributed by atoms with Gasteiger partial charge in [-0.15, -0.1) is 0 Å². The summed E-state index contributed by atoms with van der Waals surface area (Å²) < 4.78 is 7.76. The highest BCUT2D eigenvalue weighted by Gasteiger charge is 2.13. The molecule has 0 radical (unpaired) electrons. The molecular formula is C25H25N5O2. The molecule has 0 atom stereocenters. The van der Waals surface area contributed by atoms with Gasteiger partial charge >= 0.3 is 0 Å². The van der Waals surface area contributed by atoms with Gasteiger partial charge in [0, 0.05) is 23.0 Å². The number of aryl methyl sites for hydroxylation is 3. The van der Waals surface area contributed by atoms with Gasteiger partial charge in [0.2, 0.25) is 5.88 Å². The van der Waals surface area contributed by atoms with Crippen LogP contribution in [0.15, 0.2) is 54.6 Å². The molecule has 0 aliphatic rings. The molecule has 0 saturated heterocycles. The molecule has 2 aromatic heterocycles. The molecule has 32 heavy (non-hydrogen) atoms. The molecule has 4 rings (SSSR count). The van der Waals surface area contributed by atoms with Crippen molar-refractivity contribution in [3.8, 4) is 17.4 Å². The summed E-state index contributed by atoms with van der Waals surface area (Å²) >= 11 is 0. The minimum atomic E-state index is -0.145. The van der Waals surface area contributed by atoms with Crippen LogP contribution in [-0.4, -0.2) is 25.7 Å². The molecule has 2 aromatic carbocycles. The molecule has 4 aromatic rings. The fourth-order valence-electron chi connectivity index (χ4n) is 3.38. The fourth-order valence-corrected chi connectivity index (χ4v) is 3.38. The van der Waals surface area contributed by atoms with E-state index in [1.54, 1.807) is 35.0 Å². The number of aromatic nitrogens is 4. The van der Waals surface area contributed by atoms with E-state index in [1.807, 2.05) is 58.9 Å². The minimum Gasteiger partial charge on any atom is -0.439 e. The van der Waals surface area contributed by atoms with Gasteiger partial charge in [-0.3, -0.25) is 4.79 Å². The molecule has 7 heteroatoms. The third-order valence-corrected chi connectivity index (χ3v) is 5.40. The van der Waals surface area contributed by atoms with E-state index in [0.717, 1.165) is 22.5 Å². The molecule has 2 heterocycles. The smallest absolute Gasteiger partial charge is 0.255 e. The fraction of sp³-hybridized carbons (Fsp3) is 0.200. The maximum Gasteiger partial charge on any atom is 0.255 e. The van der Waals surface area contributed by atoms with Gasteiger partial charge in [-0.05, 0) is 76.1 Å². The van der Waals surface area contributed by atoms with Crippen LogP contribution in [0.1, 0.15) is 38.7 Å². The van der Waals surface area contributed by atoms with Crippen LogP contribution in [0.2, 0.25) is 0 Å². The van der Waals surface area contributed by atoms with Crippen molar-refractivity contribution in [2.24, 2.45) is 0 Å². The van der Waals surface area contributed by atoms with Crippen molar-refractivity contribution >= 4 is 11.6 Å². The van der Waals surface area contributed by atoms with Crippen molar-refractivity contribution in [3.05, 3.63) is 88.5 Å². The summed E-state index contributed by atoms with van der Waals surface area (Å²) in [6.45, 7) is 9.76. The highest BCUT2D eigenvalue weighted by molar-refractivity contribution is 6.05. The first kappa shape index (κ1) is 21.2. The number of amides is 1. The number of carbonyl (C=O) groups excluding carboxylic acids is 1. The normalized spacial score (nSPS) is 10.8. The number of ether oxygens (including phenoxy) is 1. The van der Waals surface area contributed by atoms with E-state index in [2.05, 4.69) is 20.4 Å². The van der Waals surface area contributed by atoms with Crippen LogP contribution in [0.25, 0.3) is 5.82 Å². The van der Waals surface area contributed by atoms with Crippen LogP contribution in [0, 0.1) is 34.6 Å². The monoisotopic (exact) mass is 427 g/mol. The Hall–Kier alpha value is -4.00. The highest BCUT2D eigenvalue weighted by Crippen LogP contribution is 2.24. The lowest BCUT2D eigenvalue weighted by atomic mass is 10.1. The zero-order chi connectivity index (χ0) is 22.8. The van der Waals surface area contributed by atoms with Crippen LogP contribution in [0.5, 0.6) is 11.6 Å². The lowest BCUT2D eigenvalue weighted by Crippen LogP contribution is -2.13. The first-order chi connectivity index (χ1) is 15.3. The number of nitrogens with one attached hydrogen (secondary N) is 1. The first-order valence-electron chi connectivity index (χ1n) is 10.4. The molecule has 0 aliphatic heterocycles. The molecule has 0 saturated carbocycles. The molecule has 0 aliphatic carbocycles. The second-order valence-corrected chi connectivity index (χ2v) is 7.71. The number of benzene rings is 2. The quantitative estimate of drug-likeness (QED) is 0.470. The SMILES string of the molecule is Cc1nc(Oc2ccc(NC(=O)c3ccccc3C)cc2)cc(-n2nc(C)c(C)c2C)n1. The molecule has 0 unspecified atom stereocenters. The summed E-state index contributed by atoms with van der Waals surface area (Å²) in [5, 5.41) is 7.48. The predicted molar refractivity (Wildman–Crippen MR) is 124 cm³/mol. The topological polar surface area (TPSA) is 81.9 Å². The molecule has 162 valence electrons. The lowest BCUT2D eigenvalue weighted by molar-refractivity contribution is 0.102. The largest absolute Gasteiger partial charge is 0.439 e. The standard InChI is InChI=1S/C25H25N5O2/c1-15-8-6-7-9-22(15)25(31)28-20-10-12-21(13-11-20)32-24-14-23(26-19(5)27-24)30-18(4)16(2)17(3)29-30/h6-14H,1-5H3,(H,28,31). The van der Waals surface area contributed by atoms with Crippen molar-refractivity contribution in [1.82, 2.24) is 19.7 Å². The van der Waals surface area contributed by atoms with Crippen molar-refractivity contribution in [2.75, 3.05) is 5.32 Å². The maximum absolute atomic E-state index is 12.5. The van der Waals surface area contributed by atoms with E-state index in [1.165, 1.54) is 0 Å². The predicted octanol–water partition coefficient (Wildman–Crippen LogP) is 5.25. The molecule has 1 N–H and O–H groups in total. The molecule has 0 bridgehead atoms. The Morgan fingerprint density at radius 1 is 0.938 bits per heavy atom. The Balaban J connectivity index is 1.51. The maximum atomic E-state index is 12.5. The van der Waals surface area contributed by atoms with Gasteiger partial charge < -0.3 is 10.1 Å². The van der Waals surface area contributed by atoms with E-state index in [4.69, 9.17) is 4.74 Å². The molecule has 1 amide bonds. The second-order valence-electron chi connectivity index (χ2n) is 7.71. The summed E-state index contributed by atoms with van der Waals surface area (Å²) in [6, 6.07) is 16.4. The average molecular weight is 428 g/mol. The van der Waals surface area contributed by atoms with E-state index < -0.39 is 0 Å². The van der Waals surface area contributed by atoms with Gasteiger partial charge in [0.25, 0.3) is 5.91 Å². The van der Waals surface area contributed by atoms with Crippen LogP contribution < -0.4 is 10.1 Å². The first-order valence-corrected chi connectivity index (χ1v) is 10.4. The Morgan fingerprint density at radius 3 is 2.31 bits per heavy atom. The Morgan fingerprint density at radius 2 is 1.66 bits per heavy atom. The molecular weight excluding hydrogens is 402 g/mol. The van der Waals surface area contributed by atoms with E-state index in [9.17, 15) is 4.79 Å². The Labute approximate surface area is 187 Å². The average Bonchev–Trinajstić information content (AvgIpc) is 3.02. The van der Waals surface area contributed by atoms with Crippen LogP contribution in [-0.2, 0) is 0 Å². The summed E-state index contributed by atoms with van der Waals surface area (Å²) in [4.78, 5) is 21.4. The molecule has 0 fully saturated rings. The van der Waals surface area contributed by atoms with Gasteiger partial charge in [-0.2, -0.15) is 10.1 Å². The van der Waals surface area contributed by atoms with Gasteiger partial charge in [-0.1, -0.05) is 18.2 Å². The number of rotatable bonds is 5. The third-order valence-electron chi connectivity index (χ3n) is 5.40. The zero-order valence-corrected chi connectivity index (χ0v) is 18.8. The minimum absolute atomic E-state index is 0.145. The number of carbonyl (C=O) groups is 1. The summed E-state index contributed by atoms with van der Waals surface area (Å²) in [7, 11) is 0. The van der Waals surface area contributed by atoms with Crippen LogP contribution in [0.3, 0.4) is 0 Å². The van der Waals surface area contributed by atoms with Crippen molar-refractivity contribution in [1.29, 1.82) is 0 Å². The number of anilines is 1. The van der Waals surface area contributed by atoms with E-state index in [0.29, 0.717) is 34.5 Å². The highest BCUT2D eigenvalue weighted by atomic mass is 16.5. The van der Waals surface area contributed by atoms with Crippen molar-refractivity contribution < 1.29 is 9.53 Å². The van der Waals surface area contributed by atoms with E-state index >= 15 is 0 Å². The van der Waals surface area contributed by atoms with Crippen molar-refractivity contribution in [2.45, 2.75) is 34.6 Å². The molecule has 7 nitrogen and oxygen atoms in total. The van der Waals surface area contributed by atoms with Gasteiger partial charge in [0.1, 0.15) is 11.6 Å². The number of hydrogen-bond donors (Lipinski definition) is 1. The van der Waals surface area contributed by atoms with Gasteiger partial charge in [0.15, 0.2) is 5.82 Å². The summed E-state index contributed by atoms with van der Waals surface area (Å²) in [5.41, 5.74) is 5.38. The Bertz CT molecular complexity index is 1290. The summed E-state index contributed by atoms with van der Waals surface area (Å²) in [5.74, 6) is 2.13. The van der Waals surface area contributed by atoms with Gasteiger partial charge in [0.05, 0.1) is 5.69 Å². The zero-order valence-electron chi connectivity index (χ0n) is 18.8. The van der Waals surface area contributed by atoms with Crippen LogP contribution in [0.4, 0.5) is 5.69 Å². The number of nitrogens with zero attached hydrogens (tertiary/aromatic N) is 4. The number of hydrogen-bond acceptors (Lipinski definition) is 5. The van der Waals surface area contributed by atoms with E-state index in [-0.39, 0.29) is 5.91 Å². The second kappa shape index (κ2) is 8.63. The Kier molecular flexibility index (Phi) is 5.73. The van der Waals surface area contributed by atoms with Gasteiger partial charge in [-0.25, -0.2) is 9.67 Å².